The lowest BCUT2D eigenvalue weighted by Crippen LogP contribution is -2.40. The monoisotopic (exact) mass is 552 g/mol. The minimum Gasteiger partial charge on any atom is -0.379 e. The predicted octanol–water partition coefficient (Wildman–Crippen LogP) is 1.50. The number of rotatable bonds is 10. The lowest BCUT2D eigenvalue weighted by atomic mass is 10.1. The van der Waals surface area contributed by atoms with E-state index in [1.165, 1.54) is 28.6 Å². The minimum absolute atomic E-state index is 0.0115. The predicted molar refractivity (Wildman–Crippen MR) is 140 cm³/mol. The molecule has 3 rings (SSSR count). The third-order valence-electron chi connectivity index (χ3n) is 5.54. The standard InChI is InChI=1S/C24H32N4O7S2/c1-18(2)16-25-24(30)21-6-4-5-7-22(21)26-23(29)17-28(36(3,31)32)19-8-10-20(11-9-19)37(33,34)27-12-14-35-15-13-27/h4-11,18H,12-17H2,1-3H3,(H,25,30)(H,26,29). The number of nitrogens with one attached hydrogen (secondary N) is 2. The van der Waals surface area contributed by atoms with Crippen LogP contribution in [0.15, 0.2) is 53.4 Å². The number of carbonyl (C=O) groups excluding carboxylic acids is 2. The van der Waals surface area contributed by atoms with E-state index in [1.807, 2.05) is 13.8 Å². The molecular weight excluding hydrogens is 520 g/mol. The number of benzene rings is 2. The number of amides is 2. The van der Waals surface area contributed by atoms with Crippen LogP contribution in [0.2, 0.25) is 0 Å². The Balaban J connectivity index is 1.77. The second-order valence-corrected chi connectivity index (χ2v) is 12.8. The second kappa shape index (κ2) is 12.0. The van der Waals surface area contributed by atoms with Gasteiger partial charge in [-0.1, -0.05) is 26.0 Å². The first-order chi connectivity index (χ1) is 17.4. The summed E-state index contributed by atoms with van der Waals surface area (Å²) in [6, 6.07) is 11.7. The summed E-state index contributed by atoms with van der Waals surface area (Å²) >= 11 is 0. The van der Waals surface area contributed by atoms with Crippen molar-refractivity contribution in [3.8, 4) is 0 Å². The van der Waals surface area contributed by atoms with Crippen molar-refractivity contribution in [3.05, 3.63) is 54.1 Å². The number of morpholine rings is 1. The van der Waals surface area contributed by atoms with Gasteiger partial charge in [-0.3, -0.25) is 13.9 Å². The van der Waals surface area contributed by atoms with Crippen molar-refractivity contribution in [2.24, 2.45) is 5.92 Å². The molecule has 202 valence electrons. The van der Waals surface area contributed by atoms with Gasteiger partial charge in [-0.05, 0) is 42.3 Å². The van der Waals surface area contributed by atoms with Gasteiger partial charge in [0.25, 0.3) is 5.91 Å². The highest BCUT2D eigenvalue weighted by Crippen LogP contribution is 2.23. The van der Waals surface area contributed by atoms with Crippen LogP contribution in [0.1, 0.15) is 24.2 Å². The molecule has 1 aliphatic rings. The zero-order valence-corrected chi connectivity index (χ0v) is 22.6. The van der Waals surface area contributed by atoms with Gasteiger partial charge in [-0.25, -0.2) is 16.8 Å². The summed E-state index contributed by atoms with van der Waals surface area (Å²) in [5.41, 5.74) is 0.621. The summed E-state index contributed by atoms with van der Waals surface area (Å²) < 4.78 is 58.1. The number of anilines is 2. The average molecular weight is 553 g/mol. The summed E-state index contributed by atoms with van der Waals surface area (Å²) in [6.07, 6.45) is 0.950. The third kappa shape index (κ3) is 7.51. The number of nitrogens with zero attached hydrogens (tertiary/aromatic N) is 2. The van der Waals surface area contributed by atoms with Gasteiger partial charge in [0.1, 0.15) is 6.54 Å². The van der Waals surface area contributed by atoms with E-state index < -0.39 is 32.5 Å². The van der Waals surface area contributed by atoms with Gasteiger partial charge in [-0.2, -0.15) is 4.31 Å². The van der Waals surface area contributed by atoms with Crippen LogP contribution in [-0.2, 0) is 29.6 Å². The molecule has 13 heteroatoms. The highest BCUT2D eigenvalue weighted by molar-refractivity contribution is 7.92. The van der Waals surface area contributed by atoms with E-state index in [4.69, 9.17) is 4.74 Å². The Morgan fingerprint density at radius 1 is 1.00 bits per heavy atom. The Hall–Kier alpha value is -3.00. The zero-order chi connectivity index (χ0) is 27.2. The number of sulfonamides is 2. The molecule has 0 bridgehead atoms. The molecule has 1 saturated heterocycles. The lowest BCUT2D eigenvalue weighted by molar-refractivity contribution is -0.114. The number of carbonyl (C=O) groups is 2. The van der Waals surface area contributed by atoms with Crippen LogP contribution < -0.4 is 14.9 Å². The molecular formula is C24H32N4O7S2. The van der Waals surface area contributed by atoms with Crippen LogP contribution in [-0.4, -0.2) is 78.6 Å². The Morgan fingerprint density at radius 3 is 2.22 bits per heavy atom. The summed E-state index contributed by atoms with van der Waals surface area (Å²) in [6.45, 7) is 4.87. The van der Waals surface area contributed by atoms with E-state index in [9.17, 15) is 26.4 Å². The minimum atomic E-state index is -3.90. The van der Waals surface area contributed by atoms with E-state index in [-0.39, 0.29) is 46.7 Å². The van der Waals surface area contributed by atoms with Gasteiger partial charge >= 0.3 is 0 Å². The first kappa shape index (κ1) is 28.6. The van der Waals surface area contributed by atoms with Gasteiger partial charge in [-0.15, -0.1) is 0 Å². The molecule has 1 aliphatic heterocycles. The normalized spacial score (nSPS) is 14.8. The number of ether oxygens (including phenoxy) is 1. The SMILES string of the molecule is CC(C)CNC(=O)c1ccccc1NC(=O)CN(c1ccc(S(=O)(=O)N2CCOCC2)cc1)S(C)(=O)=O. The van der Waals surface area contributed by atoms with Crippen LogP contribution in [0.5, 0.6) is 0 Å². The van der Waals surface area contributed by atoms with Crippen molar-refractivity contribution in [1.29, 1.82) is 0 Å². The largest absolute Gasteiger partial charge is 0.379 e. The quantitative estimate of drug-likeness (QED) is 0.455. The van der Waals surface area contributed by atoms with Crippen LogP contribution in [0, 0.1) is 5.92 Å². The van der Waals surface area contributed by atoms with Gasteiger partial charge in [0.2, 0.25) is 26.0 Å². The first-order valence-corrected chi connectivity index (χ1v) is 15.0. The van der Waals surface area contributed by atoms with E-state index >= 15 is 0 Å². The Labute approximate surface area is 217 Å². The maximum atomic E-state index is 12.9. The highest BCUT2D eigenvalue weighted by atomic mass is 32.2. The lowest BCUT2D eigenvalue weighted by Gasteiger charge is -2.26. The Morgan fingerprint density at radius 2 is 1.62 bits per heavy atom. The third-order valence-corrected chi connectivity index (χ3v) is 8.59. The second-order valence-electron chi connectivity index (χ2n) is 8.98. The fourth-order valence-electron chi connectivity index (χ4n) is 3.62. The van der Waals surface area contributed by atoms with Crippen molar-refractivity contribution in [2.75, 3.05) is 55.3 Å². The Bertz CT molecular complexity index is 1320. The van der Waals surface area contributed by atoms with Crippen molar-refractivity contribution in [2.45, 2.75) is 18.7 Å². The number of hydrogen-bond donors (Lipinski definition) is 2. The van der Waals surface area contributed by atoms with Gasteiger partial charge in [0.15, 0.2) is 0 Å². The van der Waals surface area contributed by atoms with Crippen LogP contribution in [0.3, 0.4) is 0 Å². The smallest absolute Gasteiger partial charge is 0.253 e. The summed E-state index contributed by atoms with van der Waals surface area (Å²) in [5, 5.41) is 5.40. The topological polar surface area (TPSA) is 142 Å². The van der Waals surface area contributed by atoms with Crippen molar-refractivity contribution in [3.63, 3.8) is 0 Å². The average Bonchev–Trinajstić information content (AvgIpc) is 2.86. The summed E-state index contributed by atoms with van der Waals surface area (Å²) in [4.78, 5) is 25.4. The number of para-hydroxylation sites is 1. The molecule has 2 aromatic carbocycles. The molecule has 2 amide bonds. The van der Waals surface area contributed by atoms with Crippen molar-refractivity contribution < 1.29 is 31.2 Å². The van der Waals surface area contributed by atoms with Gasteiger partial charge in [0.05, 0.1) is 41.3 Å². The molecule has 0 spiro atoms. The molecule has 0 atom stereocenters. The Kier molecular flexibility index (Phi) is 9.29. The van der Waals surface area contributed by atoms with Crippen LogP contribution in [0.4, 0.5) is 11.4 Å². The molecule has 11 nitrogen and oxygen atoms in total. The van der Waals surface area contributed by atoms with Crippen molar-refractivity contribution >= 4 is 43.2 Å². The molecule has 1 fully saturated rings. The maximum Gasteiger partial charge on any atom is 0.253 e. The number of hydrogen-bond acceptors (Lipinski definition) is 7. The summed E-state index contributed by atoms with van der Waals surface area (Å²) in [7, 11) is -7.66. The molecule has 1 heterocycles. The molecule has 2 aromatic rings. The zero-order valence-electron chi connectivity index (χ0n) is 21.0. The van der Waals surface area contributed by atoms with Crippen LogP contribution >= 0.6 is 0 Å². The van der Waals surface area contributed by atoms with E-state index in [2.05, 4.69) is 10.6 Å². The van der Waals surface area contributed by atoms with Gasteiger partial charge < -0.3 is 15.4 Å². The molecule has 0 aromatic heterocycles. The van der Waals surface area contributed by atoms with Gasteiger partial charge in [0, 0.05) is 19.6 Å². The molecule has 2 N–H and O–H groups in total. The molecule has 0 saturated carbocycles. The molecule has 0 aliphatic carbocycles. The highest BCUT2D eigenvalue weighted by Gasteiger charge is 2.27. The van der Waals surface area contributed by atoms with Crippen molar-refractivity contribution in [1.82, 2.24) is 9.62 Å². The fourth-order valence-corrected chi connectivity index (χ4v) is 5.89. The van der Waals surface area contributed by atoms with E-state index in [0.29, 0.717) is 19.8 Å². The molecule has 0 unspecified atom stereocenters. The molecule has 37 heavy (non-hydrogen) atoms. The summed E-state index contributed by atoms with van der Waals surface area (Å²) in [5.74, 6) is -0.787. The molecule has 0 radical (unpaired) electrons. The van der Waals surface area contributed by atoms with E-state index in [0.717, 1.165) is 10.6 Å². The maximum absolute atomic E-state index is 12.9. The fraction of sp³-hybridized carbons (Fsp3) is 0.417. The van der Waals surface area contributed by atoms with Crippen LogP contribution in [0.25, 0.3) is 0 Å². The van der Waals surface area contributed by atoms with E-state index in [1.54, 1.807) is 24.3 Å². The first-order valence-electron chi connectivity index (χ1n) is 11.7.